The molecule has 1 atom stereocenters. The molecule has 0 heterocycles. The molecule has 0 aliphatic heterocycles. The third-order valence-electron chi connectivity index (χ3n) is 3.60. The Kier molecular flexibility index (Phi) is 8.09. The van der Waals surface area contributed by atoms with Gasteiger partial charge < -0.3 is 20.5 Å². The monoisotopic (exact) mass is 350 g/mol. The van der Waals surface area contributed by atoms with E-state index in [1.807, 2.05) is 48.5 Å². The Labute approximate surface area is 148 Å². The van der Waals surface area contributed by atoms with Crippen molar-refractivity contribution < 1.29 is 14.3 Å². The summed E-state index contributed by atoms with van der Waals surface area (Å²) in [5.74, 6) is 1.18. The molecule has 0 aromatic heterocycles. The highest BCUT2D eigenvalue weighted by atomic mass is 35.5. The Morgan fingerprint density at radius 1 is 1.08 bits per heavy atom. The van der Waals surface area contributed by atoms with Gasteiger partial charge in [-0.25, -0.2) is 0 Å². The maximum absolute atomic E-state index is 12.1. The van der Waals surface area contributed by atoms with E-state index in [1.165, 1.54) is 0 Å². The molecule has 0 aliphatic carbocycles. The number of hydrogen-bond donors (Lipinski definition) is 2. The largest absolute Gasteiger partial charge is 0.493 e. The first kappa shape index (κ1) is 19.8. The minimum atomic E-state index is -0.651. The highest BCUT2D eigenvalue weighted by Gasteiger charge is 2.14. The van der Waals surface area contributed by atoms with Gasteiger partial charge in [-0.1, -0.05) is 36.4 Å². The number of ether oxygens (including phenoxy) is 2. The molecule has 6 heteroatoms. The summed E-state index contributed by atoms with van der Waals surface area (Å²) in [7, 11) is 3.20. The van der Waals surface area contributed by atoms with Crippen molar-refractivity contribution in [1.82, 2.24) is 5.32 Å². The van der Waals surface area contributed by atoms with Crippen molar-refractivity contribution >= 4 is 18.3 Å². The lowest BCUT2D eigenvalue weighted by atomic mass is 10.1. The first-order valence-electron chi connectivity index (χ1n) is 7.45. The first-order valence-corrected chi connectivity index (χ1v) is 7.45. The van der Waals surface area contributed by atoms with Gasteiger partial charge in [0.25, 0.3) is 0 Å². The van der Waals surface area contributed by atoms with Crippen LogP contribution in [0.4, 0.5) is 0 Å². The molecule has 0 saturated heterocycles. The average molecular weight is 351 g/mol. The van der Waals surface area contributed by atoms with Crippen molar-refractivity contribution in [3.63, 3.8) is 0 Å². The number of benzene rings is 2. The van der Waals surface area contributed by atoms with Gasteiger partial charge >= 0.3 is 0 Å². The molecule has 0 radical (unpaired) electrons. The molecule has 24 heavy (non-hydrogen) atoms. The second kappa shape index (κ2) is 9.80. The van der Waals surface area contributed by atoms with Gasteiger partial charge in [0.2, 0.25) is 5.91 Å². The van der Waals surface area contributed by atoms with Crippen LogP contribution in [0.2, 0.25) is 0 Å². The zero-order chi connectivity index (χ0) is 16.7. The van der Waals surface area contributed by atoms with E-state index in [0.717, 1.165) is 11.1 Å². The summed E-state index contributed by atoms with van der Waals surface area (Å²) in [6.07, 6.45) is 0.688. The highest BCUT2D eigenvalue weighted by molar-refractivity contribution is 5.85. The van der Waals surface area contributed by atoms with Crippen LogP contribution in [0, 0.1) is 0 Å². The van der Waals surface area contributed by atoms with Crippen LogP contribution < -0.4 is 20.5 Å². The minimum Gasteiger partial charge on any atom is -0.493 e. The lowest BCUT2D eigenvalue weighted by Gasteiger charge is -2.13. The summed E-state index contributed by atoms with van der Waals surface area (Å²) in [6.45, 7) is 0.509. The molecule has 1 amide bonds. The predicted octanol–water partition coefficient (Wildman–Crippen LogP) is 2.48. The van der Waals surface area contributed by atoms with Crippen LogP contribution in [0.5, 0.6) is 11.5 Å². The second-order valence-corrected chi connectivity index (χ2v) is 5.12. The smallest absolute Gasteiger partial charge is 0.241 e. The molecule has 0 fully saturated rings. The molecule has 2 aromatic rings. The molecule has 2 aromatic carbocycles. The van der Waals surface area contributed by atoms with Gasteiger partial charge in [0.15, 0.2) is 11.5 Å². The van der Waals surface area contributed by atoms with Crippen LogP contribution in [-0.2, 0) is 11.2 Å². The van der Waals surface area contributed by atoms with E-state index in [4.69, 9.17) is 15.2 Å². The Hall–Kier alpha value is -2.24. The van der Waals surface area contributed by atoms with Gasteiger partial charge in [-0.2, -0.15) is 0 Å². The zero-order valence-electron chi connectivity index (χ0n) is 13.8. The quantitative estimate of drug-likeness (QED) is 0.804. The summed E-state index contributed by atoms with van der Waals surface area (Å²) in [4.78, 5) is 12.1. The van der Waals surface area contributed by atoms with Gasteiger partial charge in [-0.15, -0.1) is 12.4 Å². The molecule has 1 unspecified atom stereocenters. The fourth-order valence-corrected chi connectivity index (χ4v) is 2.29. The summed E-state index contributed by atoms with van der Waals surface area (Å²) in [5, 5.41) is 2.86. The van der Waals surface area contributed by atoms with Crippen LogP contribution in [-0.4, -0.2) is 26.7 Å². The van der Waals surface area contributed by atoms with Gasteiger partial charge in [-0.05, 0) is 29.7 Å². The van der Waals surface area contributed by atoms with Crippen LogP contribution in [0.25, 0.3) is 0 Å². The second-order valence-electron chi connectivity index (χ2n) is 5.12. The number of carbonyl (C=O) groups is 1. The third-order valence-corrected chi connectivity index (χ3v) is 3.60. The molecule has 3 N–H and O–H groups in total. The van der Waals surface area contributed by atoms with Gasteiger partial charge in [-0.3, -0.25) is 4.79 Å². The van der Waals surface area contributed by atoms with E-state index in [1.54, 1.807) is 14.2 Å². The molecule has 0 bridgehead atoms. The van der Waals surface area contributed by atoms with E-state index in [2.05, 4.69) is 5.32 Å². The van der Waals surface area contributed by atoms with Gasteiger partial charge in [0, 0.05) is 6.54 Å². The predicted molar refractivity (Wildman–Crippen MR) is 96.9 cm³/mol. The third kappa shape index (κ3) is 5.15. The minimum absolute atomic E-state index is 0. The molecule has 0 saturated carbocycles. The molecule has 130 valence electrons. The van der Waals surface area contributed by atoms with Crippen molar-refractivity contribution in [3.05, 3.63) is 59.7 Å². The van der Waals surface area contributed by atoms with E-state index in [9.17, 15) is 4.79 Å². The lowest BCUT2D eigenvalue weighted by molar-refractivity contribution is -0.122. The Bertz CT molecular complexity index is 650. The number of rotatable bonds is 7. The highest BCUT2D eigenvalue weighted by Crippen LogP contribution is 2.27. The summed E-state index contributed by atoms with van der Waals surface area (Å²) >= 11 is 0. The maximum atomic E-state index is 12.1. The fraction of sp³-hybridized carbons (Fsp3) is 0.278. The first-order chi connectivity index (χ1) is 11.2. The van der Waals surface area contributed by atoms with Gasteiger partial charge in [0.05, 0.1) is 14.2 Å². The Morgan fingerprint density at radius 3 is 2.38 bits per heavy atom. The topological polar surface area (TPSA) is 73.6 Å². The van der Waals surface area contributed by atoms with Crippen molar-refractivity contribution in [2.24, 2.45) is 5.73 Å². The van der Waals surface area contributed by atoms with Crippen molar-refractivity contribution in [3.8, 4) is 11.5 Å². The number of amides is 1. The molecular weight excluding hydrogens is 328 g/mol. The molecule has 0 spiro atoms. The van der Waals surface area contributed by atoms with E-state index in [-0.39, 0.29) is 18.3 Å². The Morgan fingerprint density at radius 2 is 1.75 bits per heavy atom. The van der Waals surface area contributed by atoms with E-state index < -0.39 is 6.04 Å². The number of nitrogens with one attached hydrogen (secondary N) is 1. The SMILES string of the molecule is COc1ccc(CCNC(=O)C(N)c2ccccc2)cc1OC.Cl. The normalized spacial score (nSPS) is 11.1. The number of halogens is 1. The van der Waals surface area contributed by atoms with E-state index >= 15 is 0 Å². The molecule has 0 aliphatic rings. The van der Waals surface area contributed by atoms with Gasteiger partial charge in [0.1, 0.15) is 6.04 Å². The van der Waals surface area contributed by atoms with Crippen molar-refractivity contribution in [2.75, 3.05) is 20.8 Å². The van der Waals surface area contributed by atoms with Crippen LogP contribution >= 0.6 is 12.4 Å². The van der Waals surface area contributed by atoms with Crippen LogP contribution in [0.1, 0.15) is 17.2 Å². The average Bonchev–Trinajstić information content (AvgIpc) is 2.61. The number of methoxy groups -OCH3 is 2. The maximum Gasteiger partial charge on any atom is 0.241 e. The standard InChI is InChI=1S/C18H22N2O3.ClH/c1-22-15-9-8-13(12-16(15)23-2)10-11-20-18(21)17(19)14-6-4-3-5-7-14;/h3-9,12,17H,10-11,19H2,1-2H3,(H,20,21);1H. The van der Waals surface area contributed by atoms with Crippen molar-refractivity contribution in [2.45, 2.75) is 12.5 Å². The fourth-order valence-electron chi connectivity index (χ4n) is 2.29. The number of nitrogens with two attached hydrogens (primary N) is 1. The lowest BCUT2D eigenvalue weighted by Crippen LogP contribution is -2.35. The summed E-state index contributed by atoms with van der Waals surface area (Å²) in [5.41, 5.74) is 7.81. The Balaban J connectivity index is 0.00000288. The zero-order valence-corrected chi connectivity index (χ0v) is 14.6. The van der Waals surface area contributed by atoms with Crippen LogP contribution in [0.3, 0.4) is 0 Å². The summed E-state index contributed by atoms with van der Waals surface area (Å²) in [6, 6.07) is 14.4. The molecule has 2 rings (SSSR count). The van der Waals surface area contributed by atoms with E-state index in [0.29, 0.717) is 24.5 Å². The number of hydrogen-bond acceptors (Lipinski definition) is 4. The molecular formula is C18H23ClN2O3. The van der Waals surface area contributed by atoms with Crippen LogP contribution in [0.15, 0.2) is 48.5 Å². The van der Waals surface area contributed by atoms with Crippen molar-refractivity contribution in [1.29, 1.82) is 0 Å². The number of carbonyl (C=O) groups excluding carboxylic acids is 1. The molecule has 5 nitrogen and oxygen atoms in total. The summed E-state index contributed by atoms with van der Waals surface area (Å²) < 4.78 is 10.5.